The van der Waals surface area contributed by atoms with Crippen LogP contribution in [0.5, 0.6) is 0 Å². The zero-order valence-corrected chi connectivity index (χ0v) is 9.09. The molecule has 0 N–H and O–H groups in total. The quantitative estimate of drug-likeness (QED) is 0.435. The fourth-order valence-corrected chi connectivity index (χ4v) is 1.10. The van der Waals surface area contributed by atoms with Gasteiger partial charge in [0.1, 0.15) is 0 Å². The zero-order chi connectivity index (χ0) is 10.1. The van der Waals surface area contributed by atoms with Gasteiger partial charge in [-0.05, 0) is 24.8 Å². The molecule has 0 amide bonds. The lowest BCUT2D eigenvalue weighted by Gasteiger charge is -2.05. The van der Waals surface area contributed by atoms with Gasteiger partial charge in [-0.2, -0.15) is 0 Å². The topological polar surface area (TPSA) is 12.4 Å². The molecule has 74 valence electrons. The Morgan fingerprint density at radius 3 is 2.31 bits per heavy atom. The zero-order valence-electron chi connectivity index (χ0n) is 9.09. The van der Waals surface area contributed by atoms with Crippen molar-refractivity contribution >= 4 is 6.21 Å². The normalized spacial score (nSPS) is 12.8. The smallest absolute Gasteiger partial charge is 0.0494 e. The molecule has 1 heteroatoms. The largest absolute Gasteiger partial charge is 0.290 e. The predicted molar refractivity (Wildman–Crippen MR) is 61.4 cm³/mol. The van der Waals surface area contributed by atoms with Gasteiger partial charge in [0, 0.05) is 12.3 Å². The van der Waals surface area contributed by atoms with Crippen molar-refractivity contribution in [1.82, 2.24) is 0 Å². The molecule has 0 aromatic heterocycles. The summed E-state index contributed by atoms with van der Waals surface area (Å²) < 4.78 is 0. The first-order valence-corrected chi connectivity index (χ1v) is 5.13. The summed E-state index contributed by atoms with van der Waals surface area (Å²) in [6.45, 7) is 10.2. The van der Waals surface area contributed by atoms with Crippen molar-refractivity contribution in [1.29, 1.82) is 0 Å². The summed E-state index contributed by atoms with van der Waals surface area (Å²) in [5, 5.41) is 0. The fourth-order valence-electron chi connectivity index (χ4n) is 1.10. The van der Waals surface area contributed by atoms with Crippen molar-refractivity contribution in [2.24, 2.45) is 4.99 Å². The van der Waals surface area contributed by atoms with E-state index in [0.717, 1.165) is 19.3 Å². The second-order valence-electron chi connectivity index (χ2n) is 3.08. The first kappa shape index (κ1) is 12.2. The molecule has 0 radical (unpaired) electrons. The number of allylic oxidation sites excluding steroid dienone is 3. The van der Waals surface area contributed by atoms with Crippen molar-refractivity contribution in [2.75, 3.05) is 0 Å². The third kappa shape index (κ3) is 5.40. The fraction of sp³-hybridized carbons (Fsp3) is 0.583. The Balaban J connectivity index is 4.20. The first-order chi connectivity index (χ1) is 6.28. The van der Waals surface area contributed by atoms with Gasteiger partial charge in [-0.1, -0.05) is 39.5 Å². The molecule has 0 aromatic carbocycles. The summed E-state index contributed by atoms with van der Waals surface area (Å²) >= 11 is 0. The average molecular weight is 179 g/mol. The van der Waals surface area contributed by atoms with Gasteiger partial charge in [0.15, 0.2) is 0 Å². The van der Waals surface area contributed by atoms with Gasteiger partial charge >= 0.3 is 0 Å². The highest BCUT2D eigenvalue weighted by molar-refractivity contribution is 5.78. The summed E-state index contributed by atoms with van der Waals surface area (Å²) in [6.07, 6.45) is 9.09. The van der Waals surface area contributed by atoms with Crippen LogP contribution in [0.15, 0.2) is 29.3 Å². The molecule has 0 spiro atoms. The van der Waals surface area contributed by atoms with Crippen molar-refractivity contribution in [3.63, 3.8) is 0 Å². The van der Waals surface area contributed by atoms with E-state index in [0.29, 0.717) is 6.04 Å². The molecule has 0 aromatic rings. The molecule has 0 aliphatic heterocycles. The number of aliphatic imine (C=N–C) groups is 1. The third-order valence-corrected chi connectivity index (χ3v) is 2.13. The van der Waals surface area contributed by atoms with Gasteiger partial charge in [0.05, 0.1) is 0 Å². The van der Waals surface area contributed by atoms with E-state index >= 15 is 0 Å². The van der Waals surface area contributed by atoms with Gasteiger partial charge in [0.25, 0.3) is 0 Å². The summed E-state index contributed by atoms with van der Waals surface area (Å²) in [6, 6.07) is 0.486. The van der Waals surface area contributed by atoms with E-state index in [2.05, 4.69) is 32.3 Å². The van der Waals surface area contributed by atoms with Crippen LogP contribution >= 0.6 is 0 Å². The lowest BCUT2D eigenvalue weighted by Crippen LogP contribution is -2.00. The SMILES string of the molecule is C=C/C=C(/C=NC(CC)CC)CC. The Labute approximate surface area is 82.3 Å². The van der Waals surface area contributed by atoms with Crippen molar-refractivity contribution in [2.45, 2.75) is 46.1 Å². The number of nitrogens with zero attached hydrogens (tertiary/aromatic N) is 1. The Hall–Kier alpha value is -0.850. The van der Waals surface area contributed by atoms with Gasteiger partial charge in [-0.15, -0.1) is 0 Å². The minimum absolute atomic E-state index is 0.486. The van der Waals surface area contributed by atoms with Crippen LogP contribution in [-0.2, 0) is 0 Å². The Kier molecular flexibility index (Phi) is 7.27. The summed E-state index contributed by atoms with van der Waals surface area (Å²) in [5.41, 5.74) is 1.25. The van der Waals surface area contributed by atoms with Crippen molar-refractivity contribution in [3.05, 3.63) is 24.3 Å². The van der Waals surface area contributed by atoms with Gasteiger partial charge < -0.3 is 0 Å². The van der Waals surface area contributed by atoms with Crippen LogP contribution in [0.2, 0.25) is 0 Å². The number of hydrogen-bond donors (Lipinski definition) is 0. The minimum Gasteiger partial charge on any atom is -0.290 e. The van der Waals surface area contributed by atoms with Crippen LogP contribution in [0, 0.1) is 0 Å². The summed E-state index contributed by atoms with van der Waals surface area (Å²) in [5.74, 6) is 0. The molecular formula is C12H21N. The molecular weight excluding hydrogens is 158 g/mol. The van der Waals surface area contributed by atoms with Crippen LogP contribution in [0.1, 0.15) is 40.0 Å². The molecule has 0 aliphatic carbocycles. The van der Waals surface area contributed by atoms with Crippen LogP contribution < -0.4 is 0 Å². The molecule has 0 atom stereocenters. The van der Waals surface area contributed by atoms with Gasteiger partial charge in [-0.25, -0.2) is 0 Å². The second kappa shape index (κ2) is 7.78. The van der Waals surface area contributed by atoms with E-state index in [1.807, 2.05) is 18.4 Å². The van der Waals surface area contributed by atoms with E-state index in [1.54, 1.807) is 0 Å². The number of hydrogen-bond acceptors (Lipinski definition) is 1. The maximum atomic E-state index is 4.51. The molecule has 13 heavy (non-hydrogen) atoms. The third-order valence-electron chi connectivity index (χ3n) is 2.13. The highest BCUT2D eigenvalue weighted by atomic mass is 14.8. The van der Waals surface area contributed by atoms with Gasteiger partial charge in [0.2, 0.25) is 0 Å². The Bertz CT molecular complexity index is 185. The molecule has 0 saturated carbocycles. The highest BCUT2D eigenvalue weighted by Gasteiger charge is 1.97. The highest BCUT2D eigenvalue weighted by Crippen LogP contribution is 2.04. The lowest BCUT2D eigenvalue weighted by atomic mass is 10.1. The molecule has 0 rings (SSSR count). The summed E-state index contributed by atoms with van der Waals surface area (Å²) in [4.78, 5) is 4.51. The molecule has 0 fully saturated rings. The van der Waals surface area contributed by atoms with E-state index in [-0.39, 0.29) is 0 Å². The molecule has 0 heterocycles. The van der Waals surface area contributed by atoms with Crippen LogP contribution in [0.25, 0.3) is 0 Å². The Morgan fingerprint density at radius 1 is 1.31 bits per heavy atom. The predicted octanol–water partition coefficient (Wildman–Crippen LogP) is 3.77. The molecule has 0 saturated heterocycles. The van der Waals surface area contributed by atoms with E-state index in [4.69, 9.17) is 0 Å². The maximum Gasteiger partial charge on any atom is 0.0494 e. The maximum absolute atomic E-state index is 4.51. The molecule has 0 aliphatic rings. The number of rotatable bonds is 6. The van der Waals surface area contributed by atoms with E-state index in [1.165, 1.54) is 5.57 Å². The van der Waals surface area contributed by atoms with E-state index in [9.17, 15) is 0 Å². The van der Waals surface area contributed by atoms with E-state index < -0.39 is 0 Å². The monoisotopic (exact) mass is 179 g/mol. The summed E-state index contributed by atoms with van der Waals surface area (Å²) in [7, 11) is 0. The first-order valence-electron chi connectivity index (χ1n) is 5.13. The van der Waals surface area contributed by atoms with Crippen molar-refractivity contribution in [3.8, 4) is 0 Å². The Morgan fingerprint density at radius 2 is 1.92 bits per heavy atom. The minimum atomic E-state index is 0.486. The average Bonchev–Trinajstić information content (AvgIpc) is 2.17. The standard InChI is InChI=1S/C12H21N/c1-5-9-11(6-2)10-13-12(7-3)8-4/h5,9-10,12H,1,6-8H2,2-4H3/b11-9+,13-10?. The van der Waals surface area contributed by atoms with Crippen LogP contribution in [0.3, 0.4) is 0 Å². The lowest BCUT2D eigenvalue weighted by molar-refractivity contribution is 0.634. The molecule has 0 bridgehead atoms. The molecule has 0 unspecified atom stereocenters. The van der Waals surface area contributed by atoms with Crippen LogP contribution in [-0.4, -0.2) is 12.3 Å². The van der Waals surface area contributed by atoms with Crippen molar-refractivity contribution < 1.29 is 0 Å². The second-order valence-corrected chi connectivity index (χ2v) is 3.08. The molecule has 1 nitrogen and oxygen atoms in total. The van der Waals surface area contributed by atoms with Crippen LogP contribution in [0.4, 0.5) is 0 Å². The van der Waals surface area contributed by atoms with Gasteiger partial charge in [-0.3, -0.25) is 4.99 Å².